The first-order chi connectivity index (χ1) is 20.4. The lowest BCUT2D eigenvalue weighted by Crippen LogP contribution is -2.35. The molecular weight excluding hydrogens is 524 g/mol. The molecule has 0 spiro atoms. The maximum absolute atomic E-state index is 12.1. The second-order valence-corrected chi connectivity index (χ2v) is 10.1. The van der Waals surface area contributed by atoms with Crippen molar-refractivity contribution in [3.63, 3.8) is 0 Å². The number of anilines is 2. The molecular formula is C34H44N6O2. The summed E-state index contributed by atoms with van der Waals surface area (Å²) in [5, 5.41) is 22.7. The van der Waals surface area contributed by atoms with Crippen molar-refractivity contribution in [2.24, 2.45) is 9.98 Å². The predicted molar refractivity (Wildman–Crippen MR) is 175 cm³/mol. The van der Waals surface area contributed by atoms with E-state index in [4.69, 9.17) is 9.98 Å². The van der Waals surface area contributed by atoms with Crippen LogP contribution in [0, 0.1) is 0 Å². The van der Waals surface area contributed by atoms with Gasteiger partial charge in [-0.1, -0.05) is 68.3 Å². The van der Waals surface area contributed by atoms with Crippen molar-refractivity contribution in [2.75, 3.05) is 17.2 Å². The van der Waals surface area contributed by atoms with Crippen LogP contribution < -0.4 is 21.3 Å². The summed E-state index contributed by atoms with van der Waals surface area (Å²) in [6, 6.07) is 26.8. The number of benzene rings is 3. The number of carbonyl (C=O) groups excluding carboxylic acids is 1. The van der Waals surface area contributed by atoms with Crippen molar-refractivity contribution >= 4 is 29.1 Å². The molecule has 0 aliphatic carbocycles. The summed E-state index contributed by atoms with van der Waals surface area (Å²) < 4.78 is 0. The standard InChI is InChI=1S/C34H44N6O2/c1-4-26(2)33(38-29-17-11-8-12-18-29)40-34(39-30-20-22-31(41)23-21-30)37-27(3)35-24-14-6-5-13-19-32(42)36-25-28-15-9-7-10-16-28/h7-12,15-18,20-23,38,41H,4-6,13-14,19,24-25H2,1-3H3,(H,36,42)(H2,35,37,39,40)/b33-26+. The van der Waals surface area contributed by atoms with Crippen LogP contribution in [0.2, 0.25) is 0 Å². The number of hydrogen-bond donors (Lipinski definition) is 5. The monoisotopic (exact) mass is 568 g/mol. The van der Waals surface area contributed by atoms with Gasteiger partial charge in [-0.05, 0) is 80.6 Å². The van der Waals surface area contributed by atoms with Gasteiger partial charge in [0.15, 0.2) is 0 Å². The zero-order valence-electron chi connectivity index (χ0n) is 25.0. The first-order valence-electron chi connectivity index (χ1n) is 14.7. The molecule has 5 N–H and O–H groups in total. The Kier molecular flexibility index (Phi) is 13.7. The van der Waals surface area contributed by atoms with E-state index in [0.717, 1.165) is 66.3 Å². The number of guanidine groups is 1. The van der Waals surface area contributed by atoms with Gasteiger partial charge in [0.1, 0.15) is 11.6 Å². The number of nitrogens with one attached hydrogen (secondary N) is 4. The van der Waals surface area contributed by atoms with Crippen LogP contribution in [0.3, 0.4) is 0 Å². The predicted octanol–water partition coefficient (Wildman–Crippen LogP) is 7.19. The van der Waals surface area contributed by atoms with E-state index in [-0.39, 0.29) is 11.7 Å². The minimum atomic E-state index is 0.0957. The molecule has 0 fully saturated rings. The number of aromatic hydroxyl groups is 1. The molecule has 0 aliphatic rings. The maximum Gasteiger partial charge on any atom is 0.220 e. The molecule has 0 atom stereocenters. The van der Waals surface area contributed by atoms with Crippen molar-refractivity contribution in [3.05, 3.63) is 102 Å². The lowest BCUT2D eigenvalue weighted by atomic mass is 10.1. The fourth-order valence-corrected chi connectivity index (χ4v) is 4.03. The van der Waals surface area contributed by atoms with Gasteiger partial charge in [-0.3, -0.25) is 9.79 Å². The van der Waals surface area contributed by atoms with Crippen LogP contribution in [-0.4, -0.2) is 29.4 Å². The third kappa shape index (κ3) is 12.3. The van der Waals surface area contributed by atoms with Gasteiger partial charge in [0.25, 0.3) is 0 Å². The highest BCUT2D eigenvalue weighted by Gasteiger charge is 2.08. The van der Waals surface area contributed by atoms with Crippen molar-refractivity contribution in [1.82, 2.24) is 10.6 Å². The minimum Gasteiger partial charge on any atom is -0.508 e. The molecule has 0 radical (unpaired) electrons. The molecule has 3 aromatic carbocycles. The van der Waals surface area contributed by atoms with Gasteiger partial charge in [-0.2, -0.15) is 4.99 Å². The number of amides is 1. The first-order valence-corrected chi connectivity index (χ1v) is 14.7. The van der Waals surface area contributed by atoms with Gasteiger partial charge in [-0.15, -0.1) is 0 Å². The van der Waals surface area contributed by atoms with E-state index in [9.17, 15) is 9.90 Å². The van der Waals surface area contributed by atoms with Gasteiger partial charge in [-0.25, -0.2) is 0 Å². The minimum absolute atomic E-state index is 0.0957. The molecule has 222 valence electrons. The van der Waals surface area contributed by atoms with Crippen LogP contribution in [0.5, 0.6) is 5.75 Å². The number of phenolic OH excluding ortho intramolecular Hbond substituents is 1. The molecule has 1 amide bonds. The molecule has 8 nitrogen and oxygen atoms in total. The van der Waals surface area contributed by atoms with E-state index in [1.807, 2.05) is 67.6 Å². The summed E-state index contributed by atoms with van der Waals surface area (Å²) in [5.74, 6) is 2.31. The highest BCUT2D eigenvalue weighted by atomic mass is 16.3. The average molecular weight is 569 g/mol. The fraction of sp³-hybridized carbons (Fsp3) is 0.324. The Morgan fingerprint density at radius 3 is 2.12 bits per heavy atom. The van der Waals surface area contributed by atoms with Crippen molar-refractivity contribution in [3.8, 4) is 5.75 Å². The highest BCUT2D eigenvalue weighted by Crippen LogP contribution is 2.17. The molecule has 0 saturated heterocycles. The lowest BCUT2D eigenvalue weighted by Gasteiger charge is -2.16. The Bertz CT molecular complexity index is 1320. The van der Waals surface area contributed by atoms with Crippen LogP contribution in [0.15, 0.2) is 106 Å². The Morgan fingerprint density at radius 1 is 0.786 bits per heavy atom. The number of allylic oxidation sites excluding steroid dienone is 1. The number of para-hydroxylation sites is 1. The van der Waals surface area contributed by atoms with Crippen LogP contribution in [0.4, 0.5) is 11.4 Å². The molecule has 8 heteroatoms. The molecule has 0 heterocycles. The molecule has 0 bridgehead atoms. The number of carbonyl (C=O) groups is 1. The molecule has 3 rings (SSSR count). The van der Waals surface area contributed by atoms with Crippen molar-refractivity contribution in [1.29, 1.82) is 0 Å². The summed E-state index contributed by atoms with van der Waals surface area (Å²) in [6.07, 6.45) is 5.20. The van der Waals surface area contributed by atoms with Gasteiger partial charge in [0.2, 0.25) is 11.9 Å². The molecule has 0 aromatic heterocycles. The Morgan fingerprint density at radius 2 is 1.43 bits per heavy atom. The fourth-order valence-electron chi connectivity index (χ4n) is 4.03. The quantitative estimate of drug-likeness (QED) is 0.0612. The summed E-state index contributed by atoms with van der Waals surface area (Å²) in [6.45, 7) is 7.34. The molecule has 42 heavy (non-hydrogen) atoms. The summed E-state index contributed by atoms with van der Waals surface area (Å²) in [7, 11) is 0. The van der Waals surface area contributed by atoms with Crippen LogP contribution in [0.25, 0.3) is 0 Å². The smallest absolute Gasteiger partial charge is 0.220 e. The largest absolute Gasteiger partial charge is 0.508 e. The summed E-state index contributed by atoms with van der Waals surface area (Å²) in [4.78, 5) is 21.7. The average Bonchev–Trinajstić information content (AvgIpc) is 3.01. The normalized spacial score (nSPS) is 12.4. The third-order valence-corrected chi connectivity index (χ3v) is 6.62. The van der Waals surface area contributed by atoms with Gasteiger partial charge in [0, 0.05) is 30.9 Å². The first kappa shape index (κ1) is 31.9. The zero-order valence-corrected chi connectivity index (χ0v) is 25.0. The summed E-state index contributed by atoms with van der Waals surface area (Å²) in [5.41, 5.74) is 3.95. The number of amidine groups is 1. The number of nitrogens with zero attached hydrogens (tertiary/aromatic N) is 2. The van der Waals surface area contributed by atoms with E-state index < -0.39 is 0 Å². The third-order valence-electron chi connectivity index (χ3n) is 6.62. The number of phenols is 1. The van der Waals surface area contributed by atoms with Gasteiger partial charge < -0.3 is 26.4 Å². The van der Waals surface area contributed by atoms with Gasteiger partial charge >= 0.3 is 0 Å². The van der Waals surface area contributed by atoms with Crippen molar-refractivity contribution in [2.45, 2.75) is 65.8 Å². The second kappa shape index (κ2) is 18.0. The number of hydrogen-bond acceptors (Lipinski definition) is 5. The topological polar surface area (TPSA) is 110 Å². The number of aliphatic imine (C=N–C) groups is 2. The van der Waals surface area contributed by atoms with Crippen LogP contribution >= 0.6 is 0 Å². The summed E-state index contributed by atoms with van der Waals surface area (Å²) >= 11 is 0. The molecule has 0 saturated carbocycles. The molecule has 0 unspecified atom stereocenters. The van der Waals surface area contributed by atoms with E-state index in [1.165, 1.54) is 0 Å². The van der Waals surface area contributed by atoms with E-state index in [1.54, 1.807) is 24.3 Å². The van der Waals surface area contributed by atoms with E-state index >= 15 is 0 Å². The lowest BCUT2D eigenvalue weighted by molar-refractivity contribution is -0.121. The molecule has 3 aromatic rings. The Labute approximate surface area is 250 Å². The number of rotatable bonds is 14. The van der Waals surface area contributed by atoms with E-state index in [0.29, 0.717) is 25.5 Å². The SMILES string of the molecule is CC/C(C)=C(/N=C(\NC(C)=NCCCCCCC(=O)NCc1ccccc1)Nc1ccc(O)cc1)Nc1ccccc1. The van der Waals surface area contributed by atoms with E-state index in [2.05, 4.69) is 35.1 Å². The highest BCUT2D eigenvalue weighted by molar-refractivity contribution is 6.05. The van der Waals surface area contributed by atoms with Gasteiger partial charge in [0.05, 0.1) is 5.84 Å². The Hall–Kier alpha value is -4.59. The zero-order chi connectivity index (χ0) is 30.0. The number of unbranched alkanes of at least 4 members (excludes halogenated alkanes) is 3. The Balaban J connectivity index is 1.52. The second-order valence-electron chi connectivity index (χ2n) is 10.1. The molecule has 0 aliphatic heterocycles. The van der Waals surface area contributed by atoms with Crippen LogP contribution in [0.1, 0.15) is 64.9 Å². The van der Waals surface area contributed by atoms with Crippen molar-refractivity contribution < 1.29 is 9.90 Å². The maximum atomic E-state index is 12.1. The van der Waals surface area contributed by atoms with Crippen LogP contribution in [-0.2, 0) is 11.3 Å².